The Hall–Kier alpha value is -2.47. The smallest absolute Gasteiger partial charge is 0.229 e. The van der Waals surface area contributed by atoms with Gasteiger partial charge in [0.15, 0.2) is 0 Å². The van der Waals surface area contributed by atoms with Crippen LogP contribution in [0.3, 0.4) is 0 Å². The van der Waals surface area contributed by atoms with E-state index in [0.29, 0.717) is 17.5 Å². The number of halogens is 2. The molecular formula is C16H12BrFN4. The van der Waals surface area contributed by atoms with Crippen LogP contribution >= 0.6 is 15.9 Å². The zero-order valence-corrected chi connectivity index (χ0v) is 13.0. The van der Waals surface area contributed by atoms with Crippen molar-refractivity contribution in [2.45, 2.75) is 0 Å². The minimum Gasteiger partial charge on any atom is -0.338 e. The van der Waals surface area contributed by atoms with Gasteiger partial charge in [-0.2, -0.15) is 4.98 Å². The second-order valence-corrected chi connectivity index (χ2v) is 5.33. The number of aromatic nitrogens is 2. The fourth-order valence-corrected chi connectivity index (χ4v) is 2.26. The quantitative estimate of drug-likeness (QED) is 0.698. The van der Waals surface area contributed by atoms with Gasteiger partial charge in [-0.15, -0.1) is 0 Å². The lowest BCUT2D eigenvalue weighted by atomic mass is 10.3. The molecule has 0 radical (unpaired) electrons. The van der Waals surface area contributed by atoms with E-state index in [-0.39, 0.29) is 5.82 Å². The van der Waals surface area contributed by atoms with E-state index in [1.54, 1.807) is 30.5 Å². The average Bonchev–Trinajstić information content (AvgIpc) is 2.52. The van der Waals surface area contributed by atoms with Gasteiger partial charge in [0, 0.05) is 10.7 Å². The van der Waals surface area contributed by atoms with Gasteiger partial charge in [0.2, 0.25) is 5.95 Å². The number of hydrogen-bond acceptors (Lipinski definition) is 4. The summed E-state index contributed by atoms with van der Waals surface area (Å²) >= 11 is 3.45. The van der Waals surface area contributed by atoms with Crippen molar-refractivity contribution in [2.75, 3.05) is 10.6 Å². The van der Waals surface area contributed by atoms with Crippen molar-refractivity contribution in [1.29, 1.82) is 0 Å². The number of nitrogens with zero attached hydrogens (tertiary/aromatic N) is 2. The Labute approximate surface area is 135 Å². The van der Waals surface area contributed by atoms with E-state index in [4.69, 9.17) is 0 Å². The van der Waals surface area contributed by atoms with E-state index in [9.17, 15) is 4.39 Å². The highest BCUT2D eigenvalue weighted by atomic mass is 79.9. The molecular weight excluding hydrogens is 347 g/mol. The van der Waals surface area contributed by atoms with Crippen molar-refractivity contribution >= 4 is 39.1 Å². The van der Waals surface area contributed by atoms with Gasteiger partial charge in [0.05, 0.1) is 11.4 Å². The van der Waals surface area contributed by atoms with E-state index in [0.717, 1.165) is 10.2 Å². The lowest BCUT2D eigenvalue weighted by molar-refractivity contribution is 0.632. The number of para-hydroxylation sites is 2. The van der Waals surface area contributed by atoms with Gasteiger partial charge < -0.3 is 10.6 Å². The number of nitrogens with one attached hydrogen (secondary N) is 2. The van der Waals surface area contributed by atoms with Crippen molar-refractivity contribution in [3.63, 3.8) is 0 Å². The monoisotopic (exact) mass is 358 g/mol. The van der Waals surface area contributed by atoms with E-state index >= 15 is 0 Å². The Kier molecular flexibility index (Phi) is 4.29. The van der Waals surface area contributed by atoms with Crippen LogP contribution < -0.4 is 10.6 Å². The lowest BCUT2D eigenvalue weighted by Gasteiger charge is -2.09. The van der Waals surface area contributed by atoms with Crippen molar-refractivity contribution in [2.24, 2.45) is 0 Å². The standard InChI is InChI=1S/C16H12BrFN4/c17-11-5-1-3-7-13(11)21-16-19-10-9-15(22-16)20-14-8-4-2-6-12(14)18/h1-10H,(H2,19,20,21,22). The molecule has 4 nitrogen and oxygen atoms in total. The van der Waals surface area contributed by atoms with Crippen molar-refractivity contribution in [3.05, 3.63) is 71.1 Å². The van der Waals surface area contributed by atoms with Crippen molar-refractivity contribution in [1.82, 2.24) is 9.97 Å². The fourth-order valence-electron chi connectivity index (χ4n) is 1.87. The zero-order valence-electron chi connectivity index (χ0n) is 11.4. The molecule has 110 valence electrons. The maximum atomic E-state index is 13.6. The van der Waals surface area contributed by atoms with Crippen LogP contribution in [-0.4, -0.2) is 9.97 Å². The Balaban J connectivity index is 1.81. The summed E-state index contributed by atoms with van der Waals surface area (Å²) in [5.74, 6) is 0.601. The summed E-state index contributed by atoms with van der Waals surface area (Å²) in [5, 5.41) is 6.05. The maximum absolute atomic E-state index is 13.6. The Morgan fingerprint density at radius 1 is 0.864 bits per heavy atom. The Bertz CT molecular complexity index is 732. The third-order valence-electron chi connectivity index (χ3n) is 2.91. The van der Waals surface area contributed by atoms with Gasteiger partial charge in [-0.05, 0) is 46.3 Å². The van der Waals surface area contributed by atoms with Crippen molar-refractivity contribution < 1.29 is 4.39 Å². The average molecular weight is 359 g/mol. The molecule has 0 aliphatic carbocycles. The summed E-state index contributed by atoms with van der Waals surface area (Å²) in [7, 11) is 0. The summed E-state index contributed by atoms with van der Waals surface area (Å²) < 4.78 is 14.6. The molecule has 0 fully saturated rings. The van der Waals surface area contributed by atoms with Crippen LogP contribution in [-0.2, 0) is 0 Å². The molecule has 0 saturated heterocycles. The third kappa shape index (κ3) is 3.40. The van der Waals surface area contributed by atoms with E-state index in [1.807, 2.05) is 24.3 Å². The van der Waals surface area contributed by atoms with Crippen LogP contribution in [0.2, 0.25) is 0 Å². The molecule has 3 rings (SSSR count). The molecule has 2 aromatic carbocycles. The molecule has 0 saturated carbocycles. The molecule has 1 aromatic heterocycles. The largest absolute Gasteiger partial charge is 0.338 e. The van der Waals surface area contributed by atoms with Crippen molar-refractivity contribution in [3.8, 4) is 0 Å². The molecule has 0 bridgehead atoms. The summed E-state index contributed by atoms with van der Waals surface area (Å²) in [4.78, 5) is 8.49. The number of benzene rings is 2. The molecule has 2 N–H and O–H groups in total. The topological polar surface area (TPSA) is 49.8 Å². The van der Waals surface area contributed by atoms with Crippen LogP contribution in [0, 0.1) is 5.82 Å². The van der Waals surface area contributed by atoms with Gasteiger partial charge in [-0.3, -0.25) is 0 Å². The van der Waals surface area contributed by atoms with Crippen LogP contribution in [0.4, 0.5) is 27.5 Å². The summed E-state index contributed by atoms with van der Waals surface area (Å²) in [6.07, 6.45) is 1.61. The molecule has 0 aliphatic rings. The number of rotatable bonds is 4. The van der Waals surface area contributed by atoms with Gasteiger partial charge in [-0.25, -0.2) is 9.37 Å². The molecule has 0 spiro atoms. The van der Waals surface area contributed by atoms with E-state index in [1.165, 1.54) is 6.07 Å². The third-order valence-corrected chi connectivity index (χ3v) is 3.60. The van der Waals surface area contributed by atoms with Crippen LogP contribution in [0.1, 0.15) is 0 Å². The first-order valence-electron chi connectivity index (χ1n) is 6.58. The molecule has 3 aromatic rings. The van der Waals surface area contributed by atoms with Gasteiger partial charge in [-0.1, -0.05) is 24.3 Å². The first-order valence-corrected chi connectivity index (χ1v) is 7.38. The molecule has 1 heterocycles. The normalized spacial score (nSPS) is 10.3. The van der Waals surface area contributed by atoms with Crippen LogP contribution in [0.15, 0.2) is 65.3 Å². The Morgan fingerprint density at radius 2 is 1.59 bits per heavy atom. The predicted octanol–water partition coefficient (Wildman–Crippen LogP) is 4.87. The summed E-state index contributed by atoms with van der Waals surface area (Å²) in [5.41, 5.74) is 1.22. The summed E-state index contributed by atoms with van der Waals surface area (Å²) in [6, 6.07) is 15.8. The molecule has 0 unspecified atom stereocenters. The van der Waals surface area contributed by atoms with Crippen LogP contribution in [0.25, 0.3) is 0 Å². The first-order chi connectivity index (χ1) is 10.7. The minimum absolute atomic E-state index is 0.332. The highest BCUT2D eigenvalue weighted by molar-refractivity contribution is 9.10. The maximum Gasteiger partial charge on any atom is 0.229 e. The minimum atomic E-state index is -0.332. The molecule has 22 heavy (non-hydrogen) atoms. The SMILES string of the molecule is Fc1ccccc1Nc1ccnc(Nc2ccccc2Br)n1. The second kappa shape index (κ2) is 6.53. The number of hydrogen-bond donors (Lipinski definition) is 2. The Morgan fingerprint density at radius 3 is 2.36 bits per heavy atom. The molecule has 6 heteroatoms. The van der Waals surface area contributed by atoms with E-state index < -0.39 is 0 Å². The zero-order chi connectivity index (χ0) is 15.4. The van der Waals surface area contributed by atoms with Gasteiger partial charge in [0.25, 0.3) is 0 Å². The van der Waals surface area contributed by atoms with Gasteiger partial charge in [0.1, 0.15) is 11.6 Å². The predicted molar refractivity (Wildman–Crippen MR) is 89.1 cm³/mol. The molecule has 0 aliphatic heterocycles. The van der Waals surface area contributed by atoms with E-state index in [2.05, 4.69) is 36.5 Å². The second-order valence-electron chi connectivity index (χ2n) is 4.48. The number of anilines is 4. The highest BCUT2D eigenvalue weighted by Gasteiger charge is 2.05. The molecule has 0 atom stereocenters. The fraction of sp³-hybridized carbons (Fsp3) is 0. The lowest BCUT2D eigenvalue weighted by Crippen LogP contribution is -2.01. The highest BCUT2D eigenvalue weighted by Crippen LogP contribution is 2.24. The molecule has 0 amide bonds. The van der Waals surface area contributed by atoms with Gasteiger partial charge >= 0.3 is 0 Å². The summed E-state index contributed by atoms with van der Waals surface area (Å²) in [6.45, 7) is 0. The first kappa shape index (κ1) is 14.5. The van der Waals surface area contributed by atoms with Crippen LogP contribution in [0.5, 0.6) is 0 Å².